The van der Waals surface area contributed by atoms with Crippen LogP contribution in [0.4, 0.5) is 0 Å². The van der Waals surface area contributed by atoms with Crippen LogP contribution >= 0.6 is 0 Å². The molecule has 0 saturated heterocycles. The predicted molar refractivity (Wildman–Crippen MR) is 118 cm³/mol. The maximum atomic E-state index is 11.6. The largest absolute Gasteiger partial charge is 0.467 e. The van der Waals surface area contributed by atoms with E-state index in [2.05, 4.69) is 13.8 Å². The van der Waals surface area contributed by atoms with Crippen molar-refractivity contribution in [1.82, 2.24) is 0 Å². The van der Waals surface area contributed by atoms with Gasteiger partial charge in [0.25, 0.3) is 0 Å². The first-order valence-electron chi connectivity index (χ1n) is 12.7. The van der Waals surface area contributed by atoms with Crippen molar-refractivity contribution in [1.29, 1.82) is 0 Å². The zero-order valence-corrected chi connectivity index (χ0v) is 19.7. The van der Waals surface area contributed by atoms with E-state index in [0.717, 1.165) is 30.1 Å². The van der Waals surface area contributed by atoms with Crippen LogP contribution in [0.1, 0.15) is 105 Å². The molecule has 0 radical (unpaired) electrons. The van der Waals surface area contributed by atoms with E-state index in [9.17, 15) is 9.90 Å². The van der Waals surface area contributed by atoms with Gasteiger partial charge in [0.1, 0.15) is 0 Å². The van der Waals surface area contributed by atoms with Crippen LogP contribution in [0.5, 0.6) is 0 Å². The summed E-state index contributed by atoms with van der Waals surface area (Å²) in [6.07, 6.45) is 14.8. The van der Waals surface area contributed by atoms with Crippen LogP contribution in [0, 0.1) is 40.4 Å². The molecule has 0 amide bonds. The number of hydrogen-bond acceptors (Lipinski definition) is 3. The van der Waals surface area contributed by atoms with Gasteiger partial charge in [-0.1, -0.05) is 40.5 Å². The number of aliphatic hydroxyl groups is 1. The van der Waals surface area contributed by atoms with Crippen molar-refractivity contribution in [2.75, 3.05) is 7.11 Å². The molecule has 3 heteroatoms. The molecule has 7 unspecified atom stereocenters. The van der Waals surface area contributed by atoms with E-state index in [1.165, 1.54) is 71.3 Å². The molecule has 0 aromatic heterocycles. The van der Waals surface area contributed by atoms with Crippen molar-refractivity contribution in [3.05, 3.63) is 0 Å². The Morgan fingerprint density at radius 1 is 0.966 bits per heavy atom. The normalized spacial score (nSPS) is 44.4. The van der Waals surface area contributed by atoms with E-state index < -0.39 is 12.1 Å². The molecule has 4 saturated carbocycles. The van der Waals surface area contributed by atoms with E-state index >= 15 is 0 Å². The van der Waals surface area contributed by atoms with Gasteiger partial charge in [-0.25, -0.2) is 4.79 Å². The molecule has 4 fully saturated rings. The Kier molecular flexibility index (Phi) is 7.40. The summed E-state index contributed by atoms with van der Waals surface area (Å²) in [6.45, 7) is 9.20. The molecule has 168 valence electrons. The quantitative estimate of drug-likeness (QED) is 0.551. The Morgan fingerprint density at radius 2 is 1.69 bits per heavy atom. The maximum Gasteiger partial charge on any atom is 0.334 e. The number of rotatable bonds is 4. The summed E-state index contributed by atoms with van der Waals surface area (Å²) in [5, 5.41) is 10.0. The Bertz CT molecular complexity index is 560. The molecule has 0 bridgehead atoms. The smallest absolute Gasteiger partial charge is 0.334 e. The lowest BCUT2D eigenvalue weighted by Gasteiger charge is -2.60. The molecule has 0 aromatic carbocycles. The first kappa shape index (κ1) is 23.1. The Hall–Kier alpha value is -0.570. The summed E-state index contributed by atoms with van der Waals surface area (Å²) in [7, 11) is 1.36. The topological polar surface area (TPSA) is 46.5 Å². The molecule has 0 aromatic rings. The van der Waals surface area contributed by atoms with Gasteiger partial charge in [-0.15, -0.1) is 0 Å². The maximum absolute atomic E-state index is 11.6. The van der Waals surface area contributed by atoms with E-state index in [-0.39, 0.29) is 0 Å². The van der Waals surface area contributed by atoms with Gasteiger partial charge in [0.05, 0.1) is 7.11 Å². The Labute approximate surface area is 179 Å². The van der Waals surface area contributed by atoms with Gasteiger partial charge in [-0.3, -0.25) is 0 Å². The van der Waals surface area contributed by atoms with Crippen LogP contribution in [0.3, 0.4) is 0 Å². The van der Waals surface area contributed by atoms with Crippen LogP contribution < -0.4 is 0 Å². The third-order valence-corrected chi connectivity index (χ3v) is 10.0. The van der Waals surface area contributed by atoms with Gasteiger partial charge in [-0.05, 0) is 105 Å². The second-order valence-electron chi connectivity index (χ2n) is 10.8. The molecule has 3 nitrogen and oxygen atoms in total. The Balaban J connectivity index is 0.00000117. The van der Waals surface area contributed by atoms with Gasteiger partial charge in [-0.2, -0.15) is 0 Å². The summed E-state index contributed by atoms with van der Waals surface area (Å²) in [5.41, 5.74) is 1.04. The van der Waals surface area contributed by atoms with Crippen molar-refractivity contribution >= 4 is 5.97 Å². The zero-order chi connectivity index (χ0) is 21.2. The van der Waals surface area contributed by atoms with Crippen LogP contribution in [0.25, 0.3) is 0 Å². The number of fused-ring (bicyclic) bond motifs is 5. The number of methoxy groups -OCH3 is 1. The van der Waals surface area contributed by atoms with Gasteiger partial charge in [0, 0.05) is 0 Å². The number of aliphatic hydroxyl groups excluding tert-OH is 1. The molecule has 0 spiro atoms. The van der Waals surface area contributed by atoms with E-state index in [0.29, 0.717) is 23.2 Å². The van der Waals surface area contributed by atoms with E-state index in [4.69, 9.17) is 4.74 Å². The average molecular weight is 407 g/mol. The lowest BCUT2D eigenvalue weighted by atomic mass is 9.45. The van der Waals surface area contributed by atoms with Gasteiger partial charge < -0.3 is 9.84 Å². The van der Waals surface area contributed by atoms with E-state index in [1.54, 1.807) is 0 Å². The third-order valence-electron chi connectivity index (χ3n) is 10.0. The van der Waals surface area contributed by atoms with Crippen LogP contribution in [0.15, 0.2) is 0 Å². The molecular weight excluding hydrogens is 360 g/mol. The number of carbonyl (C=O) groups excluding carboxylic acids is 1. The zero-order valence-electron chi connectivity index (χ0n) is 19.7. The number of ether oxygens (including phenoxy) is 1. The molecule has 29 heavy (non-hydrogen) atoms. The number of carbonyl (C=O) groups is 1. The van der Waals surface area contributed by atoms with Gasteiger partial charge >= 0.3 is 5.97 Å². The highest BCUT2D eigenvalue weighted by Gasteiger charge is 2.59. The highest BCUT2D eigenvalue weighted by Crippen LogP contribution is 2.67. The number of esters is 1. The molecule has 0 aliphatic heterocycles. The van der Waals surface area contributed by atoms with Crippen LogP contribution in [-0.4, -0.2) is 24.3 Å². The fraction of sp³-hybridized carbons (Fsp3) is 0.962. The summed E-state index contributed by atoms with van der Waals surface area (Å²) in [4.78, 5) is 11.6. The monoisotopic (exact) mass is 406 g/mol. The lowest BCUT2D eigenvalue weighted by Crippen LogP contribution is -2.52. The van der Waals surface area contributed by atoms with Crippen molar-refractivity contribution in [3.63, 3.8) is 0 Å². The predicted octanol–water partition coefficient (Wildman–Crippen LogP) is 6.38. The highest BCUT2D eigenvalue weighted by atomic mass is 16.5. The summed E-state index contributed by atoms with van der Waals surface area (Å²) < 4.78 is 4.70. The summed E-state index contributed by atoms with van der Waals surface area (Å²) >= 11 is 0. The second-order valence-corrected chi connectivity index (χ2v) is 10.8. The number of hydrogen-bond donors (Lipinski definition) is 1. The Morgan fingerprint density at radius 3 is 2.41 bits per heavy atom. The molecule has 1 N–H and O–H groups in total. The minimum atomic E-state index is -0.939. The first-order valence-corrected chi connectivity index (χ1v) is 12.7. The second kappa shape index (κ2) is 9.28. The molecule has 4 aliphatic rings. The van der Waals surface area contributed by atoms with Crippen molar-refractivity contribution in [2.24, 2.45) is 40.4 Å². The highest BCUT2D eigenvalue weighted by molar-refractivity contribution is 5.74. The third kappa shape index (κ3) is 4.02. The van der Waals surface area contributed by atoms with E-state index in [1.807, 2.05) is 13.8 Å². The minimum absolute atomic E-state index is 0.425. The van der Waals surface area contributed by atoms with Gasteiger partial charge in [0.15, 0.2) is 6.10 Å². The van der Waals surface area contributed by atoms with Crippen molar-refractivity contribution < 1.29 is 14.6 Å². The van der Waals surface area contributed by atoms with Crippen LogP contribution in [0.2, 0.25) is 0 Å². The molecular formula is C26H46O3. The van der Waals surface area contributed by atoms with Crippen molar-refractivity contribution in [2.45, 2.75) is 111 Å². The lowest BCUT2D eigenvalue weighted by molar-refractivity contribution is -0.151. The fourth-order valence-corrected chi connectivity index (χ4v) is 8.49. The molecule has 8 atom stereocenters. The summed E-state index contributed by atoms with van der Waals surface area (Å²) in [5.74, 6) is 3.94. The SMILES string of the molecule is CC.COC(=O)C(O)CC[C@H]1CCC2C3CCC4CCCCC4(C)C3CCC21C. The minimum Gasteiger partial charge on any atom is -0.467 e. The fourth-order valence-electron chi connectivity index (χ4n) is 8.49. The van der Waals surface area contributed by atoms with Gasteiger partial charge in [0.2, 0.25) is 0 Å². The molecule has 4 aliphatic carbocycles. The average Bonchev–Trinajstić information content (AvgIpc) is 3.08. The van der Waals surface area contributed by atoms with Crippen molar-refractivity contribution in [3.8, 4) is 0 Å². The van der Waals surface area contributed by atoms with Crippen LogP contribution in [-0.2, 0) is 9.53 Å². The molecule has 4 rings (SSSR count). The summed E-state index contributed by atoms with van der Waals surface area (Å²) in [6, 6.07) is 0. The first-order chi connectivity index (χ1) is 13.9. The molecule has 0 heterocycles. The standard InChI is InChI=1S/C24H40O3.C2H6/c1-23-14-5-4-6-16(23)7-10-18-19-11-8-17(9-12-21(25)22(26)27-3)24(19,2)15-13-20(18)23;1-2/h16-21,25H,4-15H2,1-3H3;1-2H3/t16?,17-,18?,19?,20?,21?,23?,24?;/m1./s1.